The highest BCUT2D eigenvalue weighted by Crippen LogP contribution is 2.72. The number of allylic oxidation sites excluding steroid dienone is 3. The fourth-order valence-corrected chi connectivity index (χ4v) is 7.17. The van der Waals surface area contributed by atoms with Crippen molar-refractivity contribution >= 4 is 11.9 Å². The normalized spacial score (nSPS) is 47.1. The topological polar surface area (TPSA) is 113 Å². The fourth-order valence-electron chi connectivity index (χ4n) is 7.17. The summed E-state index contributed by atoms with van der Waals surface area (Å²) in [7, 11) is 1.60. The first-order valence-electron chi connectivity index (χ1n) is 14.1. The van der Waals surface area contributed by atoms with Crippen molar-refractivity contribution < 1.29 is 43.1 Å². The van der Waals surface area contributed by atoms with Gasteiger partial charge in [-0.25, -0.2) is 9.59 Å². The lowest BCUT2D eigenvalue weighted by molar-refractivity contribution is -0.234. The second kappa shape index (κ2) is 10.7. The van der Waals surface area contributed by atoms with E-state index in [1.165, 1.54) is 11.6 Å². The Morgan fingerprint density at radius 1 is 1.18 bits per heavy atom. The number of carbonyl (C=O) groups is 2. The molecular formula is C30H42O9. The standard InChI is InChI=1S/C30H42O9/c1-18-10-12-29-16-36-27(33)26(32)19(2)11-13-35-21(20(3)34-5)8-6-7-9-25(31)39-22-15-24(38-23(29)14-18)30(17-37-30)28(22,29)4/h6-9,14,19-24,26,32H,10-13,15-17H2,1-5H3/b8-6+,9-7-. The first kappa shape index (κ1) is 28.5. The predicted octanol–water partition coefficient (Wildman–Crippen LogP) is 3.05. The molecule has 3 heterocycles. The van der Waals surface area contributed by atoms with Crippen LogP contribution in [-0.4, -0.2) is 86.2 Å². The Kier molecular flexibility index (Phi) is 7.85. The molecule has 2 bridgehead atoms. The maximum atomic E-state index is 13.1. The van der Waals surface area contributed by atoms with Gasteiger partial charge in [0, 0.05) is 31.6 Å². The zero-order valence-electron chi connectivity index (χ0n) is 23.6. The quantitative estimate of drug-likeness (QED) is 0.317. The lowest BCUT2D eigenvalue weighted by Gasteiger charge is -2.58. The Hall–Kier alpha value is -2.04. The minimum absolute atomic E-state index is 0.0367. The number of hydrogen-bond acceptors (Lipinski definition) is 9. The molecule has 2 saturated heterocycles. The van der Waals surface area contributed by atoms with Crippen LogP contribution in [0.2, 0.25) is 0 Å². The number of epoxide rings is 1. The molecule has 216 valence electrons. The molecule has 5 rings (SSSR count). The van der Waals surface area contributed by atoms with Gasteiger partial charge in [-0.2, -0.15) is 0 Å². The van der Waals surface area contributed by atoms with Crippen LogP contribution in [0.4, 0.5) is 0 Å². The van der Waals surface area contributed by atoms with Crippen molar-refractivity contribution in [1.82, 2.24) is 0 Å². The molecule has 0 aromatic rings. The summed E-state index contributed by atoms with van der Waals surface area (Å²) in [5, 5.41) is 10.9. The molecule has 0 aromatic carbocycles. The molecule has 3 fully saturated rings. The largest absolute Gasteiger partial charge is 0.463 e. The van der Waals surface area contributed by atoms with E-state index in [4.69, 9.17) is 28.4 Å². The Morgan fingerprint density at radius 2 is 1.95 bits per heavy atom. The molecule has 0 radical (unpaired) electrons. The molecule has 2 aliphatic carbocycles. The van der Waals surface area contributed by atoms with Crippen molar-refractivity contribution in [3.63, 3.8) is 0 Å². The number of carbonyl (C=O) groups excluding carboxylic acids is 2. The van der Waals surface area contributed by atoms with E-state index in [1.54, 1.807) is 19.3 Å². The SMILES string of the molecule is COC(C)C1/C=C/C=C\C(=O)OC2CC3OC4C=C(C)CCC4(COC(=O)C(O)C(C)CCO1)C2(C)C31CO1. The molecule has 0 aromatic heterocycles. The minimum atomic E-state index is -1.30. The van der Waals surface area contributed by atoms with Crippen LogP contribution >= 0.6 is 0 Å². The molecule has 9 heteroatoms. The van der Waals surface area contributed by atoms with Crippen LogP contribution in [0.1, 0.15) is 53.4 Å². The van der Waals surface area contributed by atoms with Gasteiger partial charge in [0.25, 0.3) is 0 Å². The van der Waals surface area contributed by atoms with Gasteiger partial charge >= 0.3 is 11.9 Å². The molecule has 3 aliphatic heterocycles. The van der Waals surface area contributed by atoms with Crippen LogP contribution in [0.25, 0.3) is 0 Å². The fraction of sp³-hybridized carbons (Fsp3) is 0.733. The highest BCUT2D eigenvalue weighted by Gasteiger charge is 2.83. The lowest BCUT2D eigenvalue weighted by atomic mass is 9.51. The number of methoxy groups -OCH3 is 1. The molecule has 5 aliphatic rings. The van der Waals surface area contributed by atoms with E-state index in [-0.39, 0.29) is 36.9 Å². The summed E-state index contributed by atoms with van der Waals surface area (Å²) in [5.41, 5.74) is -0.720. The van der Waals surface area contributed by atoms with Crippen LogP contribution in [0, 0.1) is 16.7 Å². The van der Waals surface area contributed by atoms with Gasteiger partial charge in [0.05, 0.1) is 30.3 Å². The number of rotatable bonds is 2. The number of esters is 2. The average Bonchev–Trinajstić information content (AvgIpc) is 3.70. The first-order chi connectivity index (χ1) is 18.6. The molecule has 10 unspecified atom stereocenters. The number of aliphatic hydroxyl groups excluding tert-OH is 1. The zero-order chi connectivity index (χ0) is 28.0. The van der Waals surface area contributed by atoms with Gasteiger partial charge < -0.3 is 33.5 Å². The molecule has 1 N–H and O–H groups in total. The summed E-state index contributed by atoms with van der Waals surface area (Å²) in [5.74, 6) is -1.50. The van der Waals surface area contributed by atoms with Crippen molar-refractivity contribution in [2.45, 2.75) is 95.6 Å². The maximum absolute atomic E-state index is 13.1. The third kappa shape index (κ3) is 4.70. The van der Waals surface area contributed by atoms with Crippen LogP contribution in [0.15, 0.2) is 36.0 Å². The Morgan fingerprint density at radius 3 is 2.67 bits per heavy atom. The van der Waals surface area contributed by atoms with Crippen LogP contribution in [-0.2, 0) is 38.0 Å². The highest BCUT2D eigenvalue weighted by atomic mass is 16.6. The minimum Gasteiger partial charge on any atom is -0.463 e. The van der Waals surface area contributed by atoms with E-state index in [0.29, 0.717) is 32.5 Å². The summed E-state index contributed by atoms with van der Waals surface area (Å²) in [6, 6.07) is 0. The molecule has 39 heavy (non-hydrogen) atoms. The van der Waals surface area contributed by atoms with E-state index in [1.807, 2.05) is 19.9 Å². The van der Waals surface area contributed by atoms with Gasteiger partial charge in [0.15, 0.2) is 6.10 Å². The number of cyclic esters (lactones) is 1. The number of hydrogen-bond donors (Lipinski definition) is 1. The number of aliphatic hydroxyl groups is 1. The highest BCUT2D eigenvalue weighted by molar-refractivity contribution is 5.82. The van der Waals surface area contributed by atoms with E-state index in [2.05, 4.69) is 19.9 Å². The van der Waals surface area contributed by atoms with Crippen LogP contribution < -0.4 is 0 Å². The second-order valence-electron chi connectivity index (χ2n) is 12.1. The summed E-state index contributed by atoms with van der Waals surface area (Å²) in [4.78, 5) is 26.2. The Labute approximate surface area is 230 Å². The van der Waals surface area contributed by atoms with E-state index in [0.717, 1.165) is 6.42 Å². The molecular weight excluding hydrogens is 504 g/mol. The van der Waals surface area contributed by atoms with E-state index >= 15 is 0 Å². The average molecular weight is 547 g/mol. The van der Waals surface area contributed by atoms with E-state index in [9.17, 15) is 14.7 Å². The molecule has 1 saturated carbocycles. The second-order valence-corrected chi connectivity index (χ2v) is 12.1. The van der Waals surface area contributed by atoms with Crippen molar-refractivity contribution in [3.05, 3.63) is 36.0 Å². The van der Waals surface area contributed by atoms with Gasteiger partial charge in [0.1, 0.15) is 24.4 Å². The van der Waals surface area contributed by atoms with Crippen molar-refractivity contribution in [3.8, 4) is 0 Å². The maximum Gasteiger partial charge on any atom is 0.335 e. The van der Waals surface area contributed by atoms with Crippen molar-refractivity contribution in [2.75, 3.05) is 26.9 Å². The van der Waals surface area contributed by atoms with Crippen LogP contribution in [0.3, 0.4) is 0 Å². The molecule has 10 atom stereocenters. The van der Waals surface area contributed by atoms with E-state index < -0.39 is 40.6 Å². The summed E-state index contributed by atoms with van der Waals surface area (Å²) in [6.45, 7) is 8.72. The van der Waals surface area contributed by atoms with Crippen molar-refractivity contribution in [1.29, 1.82) is 0 Å². The smallest absolute Gasteiger partial charge is 0.335 e. The predicted molar refractivity (Wildman–Crippen MR) is 141 cm³/mol. The zero-order valence-corrected chi connectivity index (χ0v) is 23.6. The summed E-state index contributed by atoms with van der Waals surface area (Å²) >= 11 is 0. The third-order valence-electron chi connectivity index (χ3n) is 10.1. The van der Waals surface area contributed by atoms with Gasteiger partial charge in [-0.1, -0.05) is 43.7 Å². The molecule has 9 nitrogen and oxygen atoms in total. The van der Waals surface area contributed by atoms with Gasteiger partial charge in [0.2, 0.25) is 0 Å². The summed E-state index contributed by atoms with van der Waals surface area (Å²) in [6.07, 6.45) is 8.24. The lowest BCUT2D eigenvalue weighted by Crippen LogP contribution is -2.66. The van der Waals surface area contributed by atoms with Crippen molar-refractivity contribution in [2.24, 2.45) is 16.7 Å². The number of ether oxygens (including phenoxy) is 6. The Bertz CT molecular complexity index is 1050. The third-order valence-corrected chi connectivity index (χ3v) is 10.1. The van der Waals surface area contributed by atoms with Gasteiger partial charge in [-0.05, 0) is 39.0 Å². The molecule has 2 spiro atoms. The summed E-state index contributed by atoms with van der Waals surface area (Å²) < 4.78 is 36.2. The Balaban J connectivity index is 1.50. The van der Waals surface area contributed by atoms with Gasteiger partial charge in [-0.3, -0.25) is 0 Å². The van der Waals surface area contributed by atoms with Crippen LogP contribution in [0.5, 0.6) is 0 Å². The molecule has 0 amide bonds. The van der Waals surface area contributed by atoms with Gasteiger partial charge in [-0.15, -0.1) is 0 Å². The monoisotopic (exact) mass is 546 g/mol. The first-order valence-corrected chi connectivity index (χ1v) is 14.1.